The molecule has 0 spiro atoms. The van der Waals surface area contributed by atoms with Crippen LogP contribution in [-0.2, 0) is 13.1 Å². The highest BCUT2D eigenvalue weighted by Crippen LogP contribution is 2.23. The fourth-order valence-corrected chi connectivity index (χ4v) is 2.04. The maximum absolute atomic E-state index is 10.8. The van der Waals surface area contributed by atoms with Crippen molar-refractivity contribution in [3.63, 3.8) is 0 Å². The Hall–Kier alpha value is -2.47. The molecule has 0 fully saturated rings. The van der Waals surface area contributed by atoms with Gasteiger partial charge >= 0.3 is 0 Å². The number of hydrogen-bond donors (Lipinski definition) is 1. The number of nitro benzene ring substituents is 1. The van der Waals surface area contributed by atoms with Crippen LogP contribution in [0.1, 0.15) is 17.0 Å². The fourth-order valence-electron chi connectivity index (χ4n) is 2.04. The normalized spacial score (nSPS) is 10.4. The molecule has 0 aliphatic heterocycles. The Morgan fingerprint density at radius 2 is 2.10 bits per heavy atom. The molecule has 1 aromatic heterocycles. The summed E-state index contributed by atoms with van der Waals surface area (Å²) >= 11 is 0. The van der Waals surface area contributed by atoms with Crippen LogP contribution in [0.5, 0.6) is 5.75 Å². The highest BCUT2D eigenvalue weighted by atomic mass is 16.6. The standard InChI is InChI=1S/C15H17N3O3/c1-11-4-3-5-13(17-11)10-16-9-12-8-14(18(19)20)6-7-15(12)21-2/h3-8,16H,9-10H2,1-2H3. The monoisotopic (exact) mass is 287 g/mol. The molecule has 6 heteroatoms. The molecule has 2 rings (SSSR count). The molecule has 0 atom stereocenters. The number of hydrogen-bond acceptors (Lipinski definition) is 5. The lowest BCUT2D eigenvalue weighted by atomic mass is 10.1. The minimum Gasteiger partial charge on any atom is -0.496 e. The fraction of sp³-hybridized carbons (Fsp3) is 0.267. The summed E-state index contributed by atoms with van der Waals surface area (Å²) in [5, 5.41) is 14.0. The molecule has 0 radical (unpaired) electrons. The van der Waals surface area contributed by atoms with Gasteiger partial charge in [-0.3, -0.25) is 15.1 Å². The van der Waals surface area contributed by atoms with Crippen molar-refractivity contribution in [1.29, 1.82) is 0 Å². The van der Waals surface area contributed by atoms with E-state index in [1.165, 1.54) is 12.1 Å². The number of nitrogens with zero attached hydrogens (tertiary/aromatic N) is 2. The van der Waals surface area contributed by atoms with Gasteiger partial charge in [0, 0.05) is 36.5 Å². The summed E-state index contributed by atoms with van der Waals surface area (Å²) in [4.78, 5) is 14.8. The quantitative estimate of drug-likeness (QED) is 0.652. The largest absolute Gasteiger partial charge is 0.496 e. The van der Waals surface area contributed by atoms with E-state index < -0.39 is 4.92 Å². The molecule has 0 aliphatic carbocycles. The lowest BCUT2D eigenvalue weighted by molar-refractivity contribution is -0.384. The molecule has 21 heavy (non-hydrogen) atoms. The summed E-state index contributed by atoms with van der Waals surface area (Å²) < 4.78 is 5.22. The third-order valence-corrected chi connectivity index (χ3v) is 3.04. The smallest absolute Gasteiger partial charge is 0.270 e. The molecule has 0 amide bonds. The van der Waals surface area contributed by atoms with E-state index in [0.29, 0.717) is 18.8 Å². The third-order valence-electron chi connectivity index (χ3n) is 3.04. The number of methoxy groups -OCH3 is 1. The maximum atomic E-state index is 10.8. The molecule has 1 aromatic carbocycles. The van der Waals surface area contributed by atoms with Crippen LogP contribution >= 0.6 is 0 Å². The number of aryl methyl sites for hydroxylation is 1. The second-order valence-corrected chi connectivity index (χ2v) is 4.63. The number of nitrogens with one attached hydrogen (secondary N) is 1. The lowest BCUT2D eigenvalue weighted by Gasteiger charge is -2.09. The molecule has 110 valence electrons. The van der Waals surface area contributed by atoms with Gasteiger partial charge in [0.2, 0.25) is 0 Å². The van der Waals surface area contributed by atoms with Crippen LogP contribution < -0.4 is 10.1 Å². The van der Waals surface area contributed by atoms with E-state index in [1.54, 1.807) is 13.2 Å². The summed E-state index contributed by atoms with van der Waals surface area (Å²) in [6.07, 6.45) is 0. The first-order valence-corrected chi connectivity index (χ1v) is 6.54. The Bertz CT molecular complexity index is 644. The summed E-state index contributed by atoms with van der Waals surface area (Å²) in [5.74, 6) is 0.630. The Morgan fingerprint density at radius 1 is 1.29 bits per heavy atom. The minimum absolute atomic E-state index is 0.0567. The highest BCUT2D eigenvalue weighted by Gasteiger charge is 2.11. The molecule has 0 aliphatic rings. The molecule has 1 heterocycles. The van der Waals surface area contributed by atoms with E-state index in [1.807, 2.05) is 25.1 Å². The number of non-ortho nitro benzene ring substituents is 1. The van der Waals surface area contributed by atoms with Crippen molar-refractivity contribution in [2.45, 2.75) is 20.0 Å². The number of aromatic nitrogens is 1. The maximum Gasteiger partial charge on any atom is 0.270 e. The molecule has 1 N–H and O–H groups in total. The molecule has 0 saturated heterocycles. The summed E-state index contributed by atoms with van der Waals surface area (Å²) in [6, 6.07) is 10.4. The van der Waals surface area contributed by atoms with E-state index in [2.05, 4.69) is 10.3 Å². The Morgan fingerprint density at radius 3 is 2.76 bits per heavy atom. The van der Waals surface area contributed by atoms with Crippen LogP contribution in [0.15, 0.2) is 36.4 Å². The van der Waals surface area contributed by atoms with E-state index in [9.17, 15) is 10.1 Å². The molecular weight excluding hydrogens is 270 g/mol. The zero-order valence-electron chi connectivity index (χ0n) is 12.0. The number of ether oxygens (including phenoxy) is 1. The van der Waals surface area contributed by atoms with Gasteiger partial charge in [0.05, 0.1) is 17.7 Å². The second-order valence-electron chi connectivity index (χ2n) is 4.63. The van der Waals surface area contributed by atoms with Crippen molar-refractivity contribution in [2.24, 2.45) is 0 Å². The van der Waals surface area contributed by atoms with E-state index in [0.717, 1.165) is 17.0 Å². The Labute approximate surface area is 122 Å². The number of nitro groups is 1. The Balaban J connectivity index is 2.05. The zero-order chi connectivity index (χ0) is 15.2. The number of benzene rings is 1. The molecule has 2 aromatic rings. The summed E-state index contributed by atoms with van der Waals surface area (Å²) in [5.41, 5.74) is 2.70. The number of rotatable bonds is 6. The number of pyridine rings is 1. The molecule has 0 saturated carbocycles. The first-order valence-electron chi connectivity index (χ1n) is 6.54. The minimum atomic E-state index is -0.412. The van der Waals surface area contributed by atoms with Gasteiger partial charge in [0.1, 0.15) is 5.75 Å². The van der Waals surface area contributed by atoms with E-state index >= 15 is 0 Å². The third kappa shape index (κ3) is 4.00. The predicted octanol–water partition coefficient (Wildman–Crippen LogP) is 2.60. The molecule has 6 nitrogen and oxygen atoms in total. The average molecular weight is 287 g/mol. The lowest BCUT2D eigenvalue weighted by Crippen LogP contribution is -2.14. The van der Waals surface area contributed by atoms with E-state index in [4.69, 9.17) is 4.74 Å². The van der Waals surface area contributed by atoms with Gasteiger partial charge in [-0.1, -0.05) is 6.07 Å². The van der Waals surface area contributed by atoms with Crippen molar-refractivity contribution in [3.8, 4) is 5.75 Å². The van der Waals surface area contributed by atoms with Gasteiger partial charge in [-0.05, 0) is 25.1 Å². The summed E-state index contributed by atoms with van der Waals surface area (Å²) in [7, 11) is 1.55. The van der Waals surface area contributed by atoms with Gasteiger partial charge in [0.25, 0.3) is 5.69 Å². The van der Waals surface area contributed by atoms with Gasteiger partial charge in [-0.2, -0.15) is 0 Å². The van der Waals surface area contributed by atoms with Crippen molar-refractivity contribution < 1.29 is 9.66 Å². The molecule has 0 bridgehead atoms. The van der Waals surface area contributed by atoms with Crippen molar-refractivity contribution in [2.75, 3.05) is 7.11 Å². The van der Waals surface area contributed by atoms with Crippen LogP contribution in [-0.4, -0.2) is 17.0 Å². The van der Waals surface area contributed by atoms with Crippen molar-refractivity contribution >= 4 is 5.69 Å². The second kappa shape index (κ2) is 6.81. The van der Waals surface area contributed by atoms with Gasteiger partial charge in [-0.15, -0.1) is 0 Å². The van der Waals surface area contributed by atoms with Gasteiger partial charge in [0.15, 0.2) is 0 Å². The Kier molecular flexibility index (Phi) is 4.84. The van der Waals surface area contributed by atoms with Crippen LogP contribution in [0.2, 0.25) is 0 Å². The topological polar surface area (TPSA) is 77.3 Å². The predicted molar refractivity (Wildman–Crippen MR) is 79.2 cm³/mol. The van der Waals surface area contributed by atoms with Gasteiger partial charge < -0.3 is 10.1 Å². The van der Waals surface area contributed by atoms with Crippen LogP contribution in [0, 0.1) is 17.0 Å². The average Bonchev–Trinajstić information content (AvgIpc) is 2.47. The highest BCUT2D eigenvalue weighted by molar-refractivity contribution is 5.43. The first kappa shape index (κ1) is 14.9. The summed E-state index contributed by atoms with van der Waals surface area (Å²) in [6.45, 7) is 3.00. The van der Waals surface area contributed by atoms with E-state index in [-0.39, 0.29) is 5.69 Å². The van der Waals surface area contributed by atoms with Crippen LogP contribution in [0.3, 0.4) is 0 Å². The van der Waals surface area contributed by atoms with Crippen LogP contribution in [0.25, 0.3) is 0 Å². The van der Waals surface area contributed by atoms with Crippen molar-refractivity contribution in [3.05, 3.63) is 63.5 Å². The zero-order valence-corrected chi connectivity index (χ0v) is 12.0. The van der Waals surface area contributed by atoms with Crippen LogP contribution in [0.4, 0.5) is 5.69 Å². The molecular formula is C15H17N3O3. The molecule has 0 unspecified atom stereocenters. The SMILES string of the molecule is COc1ccc([N+](=O)[O-])cc1CNCc1cccc(C)n1. The van der Waals surface area contributed by atoms with Gasteiger partial charge in [-0.25, -0.2) is 0 Å². The van der Waals surface area contributed by atoms with Crippen molar-refractivity contribution in [1.82, 2.24) is 10.3 Å². The first-order chi connectivity index (χ1) is 10.1.